The van der Waals surface area contributed by atoms with Gasteiger partial charge in [0.15, 0.2) is 11.4 Å². The van der Waals surface area contributed by atoms with E-state index in [1.807, 2.05) is 13.8 Å². The number of hydrogen-bond donors (Lipinski definition) is 2. The molecule has 1 aromatic heterocycles. The van der Waals surface area contributed by atoms with Crippen LogP contribution in [0, 0.1) is 11.6 Å². The zero-order valence-electron chi connectivity index (χ0n) is 17.9. The minimum atomic E-state index is -0.750. The van der Waals surface area contributed by atoms with Gasteiger partial charge in [0, 0.05) is 18.5 Å². The number of halogens is 2. The van der Waals surface area contributed by atoms with Crippen molar-refractivity contribution < 1.29 is 18.7 Å². The fourth-order valence-corrected chi connectivity index (χ4v) is 3.64. The van der Waals surface area contributed by atoms with Gasteiger partial charge >= 0.3 is 0 Å². The first-order valence-electron chi connectivity index (χ1n) is 10.4. The van der Waals surface area contributed by atoms with E-state index < -0.39 is 17.1 Å². The van der Waals surface area contributed by atoms with Crippen LogP contribution in [0.4, 0.5) is 8.78 Å². The van der Waals surface area contributed by atoms with Gasteiger partial charge in [-0.3, -0.25) is 14.7 Å². The minimum Gasteiger partial charge on any atom is -0.502 e. The van der Waals surface area contributed by atoms with E-state index in [1.165, 1.54) is 24.3 Å². The van der Waals surface area contributed by atoms with Gasteiger partial charge in [0.05, 0.1) is 6.20 Å². The molecule has 2 aromatic carbocycles. The highest BCUT2D eigenvalue weighted by atomic mass is 19.1. The average molecular weight is 441 g/mol. The molecular formula is C24H25F2N3O3. The van der Waals surface area contributed by atoms with Gasteiger partial charge in [-0.05, 0) is 55.2 Å². The second-order valence-electron chi connectivity index (χ2n) is 7.66. The fourth-order valence-electron chi connectivity index (χ4n) is 3.64. The number of aromatic nitrogens is 2. The molecule has 3 rings (SSSR count). The molecule has 1 amide bonds. The van der Waals surface area contributed by atoms with Crippen LogP contribution in [0.25, 0.3) is 0 Å². The van der Waals surface area contributed by atoms with E-state index in [0.717, 1.165) is 11.8 Å². The summed E-state index contributed by atoms with van der Waals surface area (Å²) in [4.78, 5) is 26.4. The van der Waals surface area contributed by atoms with Crippen LogP contribution in [0.3, 0.4) is 0 Å². The number of aromatic hydroxyl groups is 1. The number of nitrogens with zero attached hydrogens (tertiary/aromatic N) is 2. The zero-order valence-corrected chi connectivity index (χ0v) is 17.9. The summed E-state index contributed by atoms with van der Waals surface area (Å²) in [5, 5.41) is 16.1. The van der Waals surface area contributed by atoms with E-state index in [-0.39, 0.29) is 35.8 Å². The Morgan fingerprint density at radius 2 is 1.84 bits per heavy atom. The number of carbonyl (C=O) groups is 1. The molecule has 3 aromatic rings. The van der Waals surface area contributed by atoms with Gasteiger partial charge in [-0.15, -0.1) is 0 Å². The Bertz CT molecular complexity index is 1130. The molecule has 0 saturated carbocycles. The third-order valence-electron chi connectivity index (χ3n) is 5.61. The summed E-state index contributed by atoms with van der Waals surface area (Å²) in [5.41, 5.74) is 0.457. The standard InChI is InChI=1S/C24H25F2N3O3/c1-3-15(2)29(24(32)22-23(31)21(30)14-27-28-22)12-11-20(16-7-9-18(25)10-8-16)17-5-4-6-19(26)13-17/h4-10,13-15,20H,3,11-12H2,1-2H3,(H,27,31)(H,28,30)/t15?,20-/m1/s1. The smallest absolute Gasteiger partial charge is 0.276 e. The maximum Gasteiger partial charge on any atom is 0.276 e. The maximum atomic E-state index is 13.9. The lowest BCUT2D eigenvalue weighted by Crippen LogP contribution is -2.40. The molecule has 1 heterocycles. The van der Waals surface area contributed by atoms with Crippen molar-refractivity contribution in [1.29, 1.82) is 0 Å². The van der Waals surface area contributed by atoms with Gasteiger partial charge in [-0.1, -0.05) is 31.2 Å². The van der Waals surface area contributed by atoms with Crippen LogP contribution >= 0.6 is 0 Å². The van der Waals surface area contributed by atoms with Crippen LogP contribution in [0.5, 0.6) is 5.75 Å². The second-order valence-corrected chi connectivity index (χ2v) is 7.66. The third kappa shape index (κ3) is 5.19. The van der Waals surface area contributed by atoms with Crippen LogP contribution in [0.15, 0.2) is 59.5 Å². The summed E-state index contributed by atoms with van der Waals surface area (Å²) in [7, 11) is 0. The van der Waals surface area contributed by atoms with Crippen LogP contribution in [0.2, 0.25) is 0 Å². The molecule has 0 fully saturated rings. The molecule has 8 heteroatoms. The van der Waals surface area contributed by atoms with E-state index in [9.17, 15) is 23.5 Å². The molecule has 0 saturated heterocycles. The molecule has 0 aliphatic heterocycles. The van der Waals surface area contributed by atoms with E-state index in [4.69, 9.17) is 0 Å². The van der Waals surface area contributed by atoms with Gasteiger partial charge < -0.3 is 10.0 Å². The normalized spacial score (nSPS) is 12.9. The summed E-state index contributed by atoms with van der Waals surface area (Å²) < 4.78 is 27.4. The van der Waals surface area contributed by atoms with Crippen molar-refractivity contribution in [3.63, 3.8) is 0 Å². The molecule has 6 nitrogen and oxygen atoms in total. The van der Waals surface area contributed by atoms with Gasteiger partial charge in [0.25, 0.3) is 5.91 Å². The van der Waals surface area contributed by atoms with Crippen molar-refractivity contribution >= 4 is 5.91 Å². The first-order chi connectivity index (χ1) is 15.3. The molecule has 0 aliphatic carbocycles. The largest absolute Gasteiger partial charge is 0.502 e. The lowest BCUT2D eigenvalue weighted by molar-refractivity contribution is 0.0672. The van der Waals surface area contributed by atoms with E-state index in [0.29, 0.717) is 18.4 Å². The van der Waals surface area contributed by atoms with Crippen LogP contribution < -0.4 is 5.43 Å². The third-order valence-corrected chi connectivity index (χ3v) is 5.61. The Balaban J connectivity index is 1.93. The number of H-pyrrole nitrogens is 1. The Hall–Kier alpha value is -3.55. The second kappa shape index (κ2) is 10.2. The van der Waals surface area contributed by atoms with Crippen molar-refractivity contribution in [1.82, 2.24) is 15.1 Å². The average Bonchev–Trinajstić information content (AvgIpc) is 2.78. The highest BCUT2D eigenvalue weighted by Gasteiger charge is 2.26. The SMILES string of the molecule is CCC(C)N(CC[C@H](c1ccc(F)cc1)c1cccc(F)c1)C(=O)c1[nH]ncc(=O)c1O. The molecule has 2 N–H and O–H groups in total. The van der Waals surface area contributed by atoms with E-state index in [1.54, 1.807) is 29.2 Å². The maximum absolute atomic E-state index is 13.9. The van der Waals surface area contributed by atoms with Crippen LogP contribution in [-0.2, 0) is 0 Å². The molecule has 2 atom stereocenters. The van der Waals surface area contributed by atoms with Gasteiger partial charge in [0.1, 0.15) is 11.6 Å². The number of nitrogens with one attached hydrogen (secondary N) is 1. The van der Waals surface area contributed by atoms with Gasteiger partial charge in [0.2, 0.25) is 5.43 Å². The van der Waals surface area contributed by atoms with Crippen LogP contribution in [-0.4, -0.2) is 38.7 Å². The molecule has 0 spiro atoms. The summed E-state index contributed by atoms with van der Waals surface area (Å²) in [6.45, 7) is 4.03. The molecule has 0 aliphatic rings. The van der Waals surface area contributed by atoms with Crippen LogP contribution in [0.1, 0.15) is 54.2 Å². The number of hydrogen-bond acceptors (Lipinski definition) is 4. The van der Waals surface area contributed by atoms with E-state index in [2.05, 4.69) is 10.2 Å². The highest BCUT2D eigenvalue weighted by Crippen LogP contribution is 2.30. The number of carbonyl (C=O) groups excluding carboxylic acids is 1. The predicted molar refractivity (Wildman–Crippen MR) is 117 cm³/mol. The van der Waals surface area contributed by atoms with Gasteiger partial charge in [-0.25, -0.2) is 8.78 Å². The molecule has 0 bridgehead atoms. The number of benzene rings is 2. The summed E-state index contributed by atoms with van der Waals surface area (Å²) in [6, 6.07) is 11.9. The van der Waals surface area contributed by atoms with Crippen molar-refractivity contribution in [2.24, 2.45) is 0 Å². The Labute approximate surface area is 184 Å². The Morgan fingerprint density at radius 3 is 2.50 bits per heavy atom. The highest BCUT2D eigenvalue weighted by molar-refractivity contribution is 5.94. The zero-order chi connectivity index (χ0) is 23.3. The molecule has 1 unspecified atom stereocenters. The lowest BCUT2D eigenvalue weighted by atomic mass is 9.88. The molecule has 32 heavy (non-hydrogen) atoms. The molecular weight excluding hydrogens is 416 g/mol. The quantitative estimate of drug-likeness (QED) is 0.548. The number of aromatic amines is 1. The monoisotopic (exact) mass is 441 g/mol. The topological polar surface area (TPSA) is 86.3 Å². The number of rotatable bonds is 8. The fraction of sp³-hybridized carbons (Fsp3) is 0.292. The van der Waals surface area contributed by atoms with Gasteiger partial charge in [-0.2, -0.15) is 5.10 Å². The Morgan fingerprint density at radius 1 is 1.12 bits per heavy atom. The summed E-state index contributed by atoms with van der Waals surface area (Å²) in [5.74, 6) is -2.30. The van der Waals surface area contributed by atoms with E-state index >= 15 is 0 Å². The van der Waals surface area contributed by atoms with Crippen molar-refractivity contribution in [2.75, 3.05) is 6.54 Å². The summed E-state index contributed by atoms with van der Waals surface area (Å²) >= 11 is 0. The first kappa shape index (κ1) is 23.1. The molecule has 0 radical (unpaired) electrons. The predicted octanol–water partition coefficient (Wildman–Crippen LogP) is 4.22. The minimum absolute atomic E-state index is 0.202. The van der Waals surface area contributed by atoms with Crippen molar-refractivity contribution in [2.45, 2.75) is 38.6 Å². The Kier molecular flexibility index (Phi) is 7.35. The lowest BCUT2D eigenvalue weighted by Gasteiger charge is -2.30. The number of amides is 1. The van der Waals surface area contributed by atoms with Crippen molar-refractivity contribution in [3.8, 4) is 5.75 Å². The molecule has 168 valence electrons. The summed E-state index contributed by atoms with van der Waals surface area (Å²) in [6.07, 6.45) is 1.95. The first-order valence-corrected chi connectivity index (χ1v) is 10.4. The van der Waals surface area contributed by atoms with Crippen molar-refractivity contribution in [3.05, 3.63) is 93.4 Å².